The highest BCUT2D eigenvalue weighted by atomic mass is 32.2. The number of alkyl halides is 3. The molecule has 0 radical (unpaired) electrons. The molecule has 0 aliphatic carbocycles. The summed E-state index contributed by atoms with van der Waals surface area (Å²) in [4.78, 5) is 7.67. The molecule has 0 saturated heterocycles. The Morgan fingerprint density at radius 1 is 1.15 bits per heavy atom. The minimum atomic E-state index is -4.67. The molecule has 0 bridgehead atoms. The molecule has 2 aromatic heterocycles. The van der Waals surface area contributed by atoms with Crippen LogP contribution >= 0.6 is 11.3 Å². The average Bonchev–Trinajstić information content (AvgIpc) is 3.04. The zero-order valence-electron chi connectivity index (χ0n) is 13.2. The molecule has 27 heavy (non-hydrogen) atoms. The predicted octanol–water partition coefficient (Wildman–Crippen LogP) is 3.90. The van der Waals surface area contributed by atoms with Crippen LogP contribution in [0.1, 0.15) is 10.4 Å². The van der Waals surface area contributed by atoms with Gasteiger partial charge in [0, 0.05) is 6.20 Å². The highest BCUT2D eigenvalue weighted by Gasteiger charge is 2.32. The van der Waals surface area contributed by atoms with Gasteiger partial charge in [-0.05, 0) is 30.3 Å². The number of nitriles is 1. The van der Waals surface area contributed by atoms with Crippen LogP contribution < -0.4 is 4.72 Å². The first-order valence-corrected chi connectivity index (χ1v) is 9.53. The van der Waals surface area contributed by atoms with E-state index in [-0.39, 0.29) is 15.7 Å². The van der Waals surface area contributed by atoms with Gasteiger partial charge >= 0.3 is 6.18 Å². The first-order valence-electron chi connectivity index (χ1n) is 7.23. The second-order valence-electron chi connectivity index (χ2n) is 5.15. The van der Waals surface area contributed by atoms with E-state index in [9.17, 15) is 26.9 Å². The minimum Gasteiger partial charge on any atom is -0.255 e. The number of hydrogen-bond acceptors (Lipinski definition) is 6. The van der Waals surface area contributed by atoms with Crippen LogP contribution in [0.5, 0.6) is 0 Å². The van der Waals surface area contributed by atoms with Crippen LogP contribution in [0.2, 0.25) is 0 Å². The number of benzene rings is 1. The van der Waals surface area contributed by atoms with E-state index in [1.807, 2.05) is 6.07 Å². The van der Waals surface area contributed by atoms with E-state index < -0.39 is 26.7 Å². The first kappa shape index (κ1) is 18.8. The van der Waals surface area contributed by atoms with Crippen molar-refractivity contribution in [3.05, 3.63) is 59.1 Å². The second kappa shape index (κ2) is 6.98. The highest BCUT2D eigenvalue weighted by molar-refractivity contribution is 7.93. The van der Waals surface area contributed by atoms with Gasteiger partial charge in [-0.2, -0.15) is 18.4 Å². The molecule has 6 nitrogen and oxygen atoms in total. The fraction of sp³-hybridized carbons (Fsp3) is 0.0625. The summed E-state index contributed by atoms with van der Waals surface area (Å²) in [5, 5.41) is 9.08. The van der Waals surface area contributed by atoms with Crippen LogP contribution in [-0.4, -0.2) is 18.4 Å². The van der Waals surface area contributed by atoms with E-state index in [1.165, 1.54) is 6.20 Å². The molecule has 3 rings (SSSR count). The van der Waals surface area contributed by atoms with Crippen LogP contribution in [0, 0.1) is 11.3 Å². The molecule has 0 spiro atoms. The lowest BCUT2D eigenvalue weighted by atomic mass is 10.2. The molecular formula is C16H9F3N4O2S2. The normalized spacial score (nSPS) is 11.8. The third-order valence-electron chi connectivity index (χ3n) is 3.33. The Balaban J connectivity index is 1.96. The van der Waals surface area contributed by atoms with E-state index in [0.717, 1.165) is 29.5 Å². The molecule has 0 fully saturated rings. The zero-order valence-corrected chi connectivity index (χ0v) is 14.9. The number of halogens is 3. The Morgan fingerprint density at radius 2 is 1.93 bits per heavy atom. The van der Waals surface area contributed by atoms with Crippen LogP contribution in [0.3, 0.4) is 0 Å². The lowest BCUT2D eigenvalue weighted by Crippen LogP contribution is -2.14. The van der Waals surface area contributed by atoms with Gasteiger partial charge in [0.05, 0.1) is 16.2 Å². The molecular weight excluding hydrogens is 401 g/mol. The molecule has 1 N–H and O–H groups in total. The van der Waals surface area contributed by atoms with Gasteiger partial charge in [0.25, 0.3) is 10.0 Å². The number of rotatable bonds is 4. The van der Waals surface area contributed by atoms with Gasteiger partial charge in [0.1, 0.15) is 16.6 Å². The molecule has 0 amide bonds. The van der Waals surface area contributed by atoms with Crippen molar-refractivity contribution in [2.75, 3.05) is 4.72 Å². The Kier molecular flexibility index (Phi) is 4.86. The number of anilines is 1. The molecule has 2 heterocycles. The number of thiazole rings is 1. The number of sulfonamides is 1. The maximum atomic E-state index is 12.8. The van der Waals surface area contributed by atoms with E-state index in [0.29, 0.717) is 11.8 Å². The molecule has 0 aliphatic rings. The number of hydrogen-bond donors (Lipinski definition) is 1. The van der Waals surface area contributed by atoms with Gasteiger partial charge in [-0.3, -0.25) is 9.71 Å². The van der Waals surface area contributed by atoms with Gasteiger partial charge in [-0.25, -0.2) is 13.4 Å². The largest absolute Gasteiger partial charge is 0.416 e. The quantitative estimate of drug-likeness (QED) is 0.704. The van der Waals surface area contributed by atoms with Crippen molar-refractivity contribution in [2.24, 2.45) is 0 Å². The van der Waals surface area contributed by atoms with E-state index >= 15 is 0 Å². The van der Waals surface area contributed by atoms with Crippen LogP contribution in [0.4, 0.5) is 18.3 Å². The monoisotopic (exact) mass is 410 g/mol. The Bertz CT molecular complexity index is 1120. The van der Waals surface area contributed by atoms with Crippen molar-refractivity contribution in [3.8, 4) is 17.5 Å². The highest BCUT2D eigenvalue weighted by Crippen LogP contribution is 2.33. The number of aromatic nitrogens is 2. The van der Waals surface area contributed by atoms with Crippen LogP contribution in [0.15, 0.2) is 53.6 Å². The van der Waals surface area contributed by atoms with Crippen molar-refractivity contribution in [1.82, 2.24) is 9.97 Å². The maximum absolute atomic E-state index is 12.8. The van der Waals surface area contributed by atoms with Crippen molar-refractivity contribution >= 4 is 26.5 Å². The fourth-order valence-corrected chi connectivity index (χ4v) is 4.18. The molecule has 11 heteroatoms. The van der Waals surface area contributed by atoms with Gasteiger partial charge in [-0.15, -0.1) is 0 Å². The second-order valence-corrected chi connectivity index (χ2v) is 7.84. The lowest BCUT2D eigenvalue weighted by molar-refractivity contribution is -0.137. The Morgan fingerprint density at radius 3 is 2.56 bits per heavy atom. The number of nitrogens with zero attached hydrogens (tertiary/aromatic N) is 3. The summed E-state index contributed by atoms with van der Waals surface area (Å²) in [5.74, 6) is 0. The topological polar surface area (TPSA) is 95.7 Å². The summed E-state index contributed by atoms with van der Waals surface area (Å²) in [6.45, 7) is 0. The van der Waals surface area contributed by atoms with Gasteiger partial charge in [0.2, 0.25) is 0 Å². The van der Waals surface area contributed by atoms with Crippen LogP contribution in [0.25, 0.3) is 11.4 Å². The van der Waals surface area contributed by atoms with Gasteiger partial charge in [0.15, 0.2) is 5.13 Å². The SMILES string of the molecule is N#Cc1sc(NS(=O)(=O)c2cccc(C(F)(F)F)c2)nc1-c1ccccn1. The van der Waals surface area contributed by atoms with Crippen molar-refractivity contribution in [1.29, 1.82) is 5.26 Å². The molecule has 0 atom stereocenters. The average molecular weight is 410 g/mol. The summed E-state index contributed by atoms with van der Waals surface area (Å²) >= 11 is 0.761. The molecule has 0 unspecified atom stereocenters. The zero-order chi connectivity index (χ0) is 19.7. The van der Waals surface area contributed by atoms with Crippen LogP contribution in [-0.2, 0) is 16.2 Å². The smallest absolute Gasteiger partial charge is 0.255 e. The van der Waals surface area contributed by atoms with Gasteiger partial charge < -0.3 is 0 Å². The van der Waals surface area contributed by atoms with Crippen molar-refractivity contribution in [2.45, 2.75) is 11.1 Å². The molecule has 0 aliphatic heterocycles. The molecule has 3 aromatic rings. The third kappa shape index (κ3) is 4.07. The minimum absolute atomic E-state index is 0.121. The predicted molar refractivity (Wildman–Crippen MR) is 92.3 cm³/mol. The van der Waals surface area contributed by atoms with Crippen molar-refractivity contribution in [3.63, 3.8) is 0 Å². The van der Waals surface area contributed by atoms with E-state index in [2.05, 4.69) is 14.7 Å². The summed E-state index contributed by atoms with van der Waals surface area (Å²) in [7, 11) is -4.32. The fourth-order valence-electron chi connectivity index (χ4n) is 2.13. The van der Waals surface area contributed by atoms with Crippen molar-refractivity contribution < 1.29 is 21.6 Å². The summed E-state index contributed by atoms with van der Waals surface area (Å²) in [5.41, 5.74) is -0.531. The molecule has 138 valence electrons. The summed E-state index contributed by atoms with van der Waals surface area (Å²) in [6.07, 6.45) is -3.19. The van der Waals surface area contributed by atoms with E-state index in [4.69, 9.17) is 0 Å². The number of nitrogens with one attached hydrogen (secondary N) is 1. The van der Waals surface area contributed by atoms with Gasteiger partial charge in [-0.1, -0.05) is 23.5 Å². The summed E-state index contributed by atoms with van der Waals surface area (Å²) in [6, 6.07) is 10.2. The third-order valence-corrected chi connectivity index (χ3v) is 5.67. The first-order chi connectivity index (χ1) is 12.7. The Hall–Kier alpha value is -2.97. The van der Waals surface area contributed by atoms with E-state index in [1.54, 1.807) is 18.2 Å². The molecule has 0 saturated carbocycles. The standard InChI is InChI=1S/C16H9F3N4O2S2/c17-16(18,19)10-4-3-5-11(8-10)27(24,25)23-15-22-14(13(9-20)26-15)12-6-1-2-7-21-12/h1-8H,(H,22,23). The lowest BCUT2D eigenvalue weighted by Gasteiger charge is -2.09. The number of pyridine rings is 1. The maximum Gasteiger partial charge on any atom is 0.416 e. The Labute approximate surface area is 156 Å². The summed E-state index contributed by atoms with van der Waals surface area (Å²) < 4.78 is 65.4. The molecule has 1 aromatic carbocycles.